The van der Waals surface area contributed by atoms with Crippen molar-refractivity contribution in [2.75, 3.05) is 26.3 Å². The third-order valence-electron chi connectivity index (χ3n) is 5.15. The zero-order valence-electron chi connectivity index (χ0n) is 16.7. The van der Waals surface area contributed by atoms with Gasteiger partial charge in [0.05, 0.1) is 24.2 Å². The van der Waals surface area contributed by atoms with Crippen molar-refractivity contribution in [1.82, 2.24) is 10.0 Å². The van der Waals surface area contributed by atoms with E-state index in [0.29, 0.717) is 13.2 Å². The molecule has 1 aliphatic heterocycles. The monoisotopic (exact) mass is 418 g/mol. The highest BCUT2D eigenvalue weighted by atomic mass is 32.2. The second-order valence-electron chi connectivity index (χ2n) is 7.34. The van der Waals surface area contributed by atoms with Crippen molar-refractivity contribution in [3.05, 3.63) is 65.7 Å². The molecule has 3 rings (SSSR count). The molecule has 0 aromatic heterocycles. The number of ether oxygens (including phenoxy) is 1. The van der Waals surface area contributed by atoms with Gasteiger partial charge in [0.2, 0.25) is 0 Å². The summed E-state index contributed by atoms with van der Waals surface area (Å²) in [5, 5.41) is 2.82. The molecule has 0 spiro atoms. The average Bonchev–Trinajstić information content (AvgIpc) is 2.69. The molecular weight excluding hydrogens is 390 g/mol. The summed E-state index contributed by atoms with van der Waals surface area (Å²) in [5.41, 5.74) is 2.04. The third-order valence-corrected chi connectivity index (χ3v) is 6.50. The second kappa shape index (κ2) is 9.39. The van der Waals surface area contributed by atoms with Gasteiger partial charge in [0.15, 0.2) is 0 Å². The lowest BCUT2D eigenvalue weighted by molar-refractivity contribution is -0.940. The van der Waals surface area contributed by atoms with Crippen LogP contribution in [0.3, 0.4) is 0 Å². The molecule has 8 heteroatoms. The van der Waals surface area contributed by atoms with Crippen LogP contribution in [-0.2, 0) is 14.8 Å². The van der Waals surface area contributed by atoms with Crippen molar-refractivity contribution in [3.63, 3.8) is 0 Å². The van der Waals surface area contributed by atoms with Gasteiger partial charge in [0.25, 0.3) is 10.0 Å². The van der Waals surface area contributed by atoms with Crippen molar-refractivity contribution in [3.8, 4) is 0 Å². The first kappa shape index (κ1) is 21.3. The number of amides is 2. The molecule has 2 aromatic rings. The van der Waals surface area contributed by atoms with Crippen LogP contribution in [0, 0.1) is 6.92 Å². The van der Waals surface area contributed by atoms with Crippen LogP contribution in [-0.4, -0.2) is 46.8 Å². The number of aryl methyl sites for hydroxylation is 1. The van der Waals surface area contributed by atoms with E-state index >= 15 is 0 Å². The predicted molar refractivity (Wildman–Crippen MR) is 110 cm³/mol. The molecule has 3 N–H and O–H groups in total. The minimum Gasteiger partial charge on any atom is -0.370 e. The summed E-state index contributed by atoms with van der Waals surface area (Å²) < 4.78 is 32.6. The highest BCUT2D eigenvalue weighted by Crippen LogP contribution is 2.15. The topological polar surface area (TPSA) is 88.9 Å². The fourth-order valence-electron chi connectivity index (χ4n) is 3.70. The molecule has 0 bridgehead atoms. The van der Waals surface area contributed by atoms with E-state index in [9.17, 15) is 13.2 Å². The molecule has 0 unspecified atom stereocenters. The Kier molecular flexibility index (Phi) is 6.89. The summed E-state index contributed by atoms with van der Waals surface area (Å²) in [4.78, 5) is 13.9. The van der Waals surface area contributed by atoms with Crippen LogP contribution in [0.5, 0.6) is 0 Å². The number of nitrogens with one attached hydrogen (secondary N) is 3. The molecule has 0 radical (unpaired) electrons. The number of sulfonamides is 1. The van der Waals surface area contributed by atoms with Crippen LogP contribution >= 0.6 is 0 Å². The molecule has 1 heterocycles. The molecule has 0 aliphatic carbocycles. The Balaban J connectivity index is 1.72. The van der Waals surface area contributed by atoms with Crippen LogP contribution in [0.25, 0.3) is 0 Å². The van der Waals surface area contributed by atoms with Crippen LogP contribution in [0.2, 0.25) is 0 Å². The SMILES string of the molecule is Cc1ccc(S(=O)(=O)NC(=O)N[C@@H](C)[C@H](c2ccccc2)[NH+]2CCOCC2)cc1. The number of hydrogen-bond donors (Lipinski definition) is 3. The molecule has 2 amide bonds. The molecule has 7 nitrogen and oxygen atoms in total. The molecule has 0 saturated carbocycles. The maximum Gasteiger partial charge on any atom is 0.329 e. The Morgan fingerprint density at radius 2 is 1.66 bits per heavy atom. The van der Waals surface area contributed by atoms with E-state index in [1.807, 2.05) is 44.2 Å². The largest absolute Gasteiger partial charge is 0.370 e. The molecule has 156 valence electrons. The number of carbonyl (C=O) groups is 1. The summed E-state index contributed by atoms with van der Waals surface area (Å²) >= 11 is 0. The Bertz CT molecular complexity index is 911. The molecule has 2 atom stereocenters. The standard InChI is InChI=1S/C21H27N3O4S/c1-16-8-10-19(11-9-16)29(26,27)23-21(25)22-17(2)20(18-6-4-3-5-7-18)24-12-14-28-15-13-24/h3-11,17,20H,12-15H2,1-2H3,(H2,22,23,25)/p+1/t17-,20+/m0/s1. The Hall–Kier alpha value is -2.42. The Labute approximate surface area is 172 Å². The van der Waals surface area contributed by atoms with E-state index in [4.69, 9.17) is 4.74 Å². The minimum atomic E-state index is -3.93. The van der Waals surface area contributed by atoms with Gasteiger partial charge in [0, 0.05) is 5.56 Å². The maximum atomic E-state index is 12.5. The van der Waals surface area contributed by atoms with Crippen molar-refractivity contribution in [2.24, 2.45) is 0 Å². The van der Waals surface area contributed by atoms with Gasteiger partial charge in [-0.25, -0.2) is 17.9 Å². The highest BCUT2D eigenvalue weighted by Gasteiger charge is 2.32. The van der Waals surface area contributed by atoms with Crippen molar-refractivity contribution in [2.45, 2.75) is 30.8 Å². The van der Waals surface area contributed by atoms with Crippen LogP contribution in [0.4, 0.5) is 4.79 Å². The van der Waals surface area contributed by atoms with Gasteiger partial charge in [-0.2, -0.15) is 0 Å². The fraction of sp³-hybridized carbons (Fsp3) is 0.381. The first-order valence-corrected chi connectivity index (χ1v) is 11.2. The molecular formula is C21H28N3O4S+. The Morgan fingerprint density at radius 3 is 2.28 bits per heavy atom. The maximum absolute atomic E-state index is 12.5. The number of urea groups is 1. The van der Waals surface area contributed by atoms with Gasteiger partial charge < -0.3 is 15.0 Å². The lowest BCUT2D eigenvalue weighted by Gasteiger charge is -2.35. The third kappa shape index (κ3) is 5.56. The van der Waals surface area contributed by atoms with Crippen LogP contribution < -0.4 is 14.9 Å². The zero-order chi connectivity index (χ0) is 20.9. The lowest BCUT2D eigenvalue weighted by atomic mass is 9.98. The van der Waals surface area contributed by atoms with E-state index in [0.717, 1.165) is 24.2 Å². The zero-order valence-corrected chi connectivity index (χ0v) is 17.5. The fourth-order valence-corrected chi connectivity index (χ4v) is 4.62. The Morgan fingerprint density at radius 1 is 1.03 bits per heavy atom. The summed E-state index contributed by atoms with van der Waals surface area (Å²) in [6, 6.07) is 15.3. The van der Waals surface area contributed by atoms with Gasteiger partial charge in [-0.3, -0.25) is 0 Å². The summed E-state index contributed by atoms with van der Waals surface area (Å²) in [7, 11) is -3.93. The average molecular weight is 419 g/mol. The minimum absolute atomic E-state index is 0.00655. The van der Waals surface area contributed by atoms with E-state index in [1.165, 1.54) is 17.0 Å². The number of rotatable bonds is 6. The number of carbonyl (C=O) groups excluding carboxylic acids is 1. The molecule has 29 heavy (non-hydrogen) atoms. The molecule has 1 saturated heterocycles. The van der Waals surface area contributed by atoms with Gasteiger partial charge in [0.1, 0.15) is 19.1 Å². The van der Waals surface area contributed by atoms with Gasteiger partial charge in [-0.05, 0) is 26.0 Å². The smallest absolute Gasteiger partial charge is 0.329 e. The number of morpholine rings is 1. The van der Waals surface area contributed by atoms with Crippen LogP contribution in [0.1, 0.15) is 24.1 Å². The normalized spacial score (nSPS) is 17.3. The molecule has 1 fully saturated rings. The number of benzene rings is 2. The summed E-state index contributed by atoms with van der Waals surface area (Å²) in [6.07, 6.45) is 0. The van der Waals surface area contributed by atoms with E-state index < -0.39 is 16.1 Å². The highest BCUT2D eigenvalue weighted by molar-refractivity contribution is 7.90. The van der Waals surface area contributed by atoms with Crippen molar-refractivity contribution in [1.29, 1.82) is 0 Å². The van der Waals surface area contributed by atoms with E-state index in [2.05, 4.69) is 10.0 Å². The second-order valence-corrected chi connectivity index (χ2v) is 9.02. The van der Waals surface area contributed by atoms with Crippen LogP contribution in [0.15, 0.2) is 59.5 Å². The van der Waals surface area contributed by atoms with E-state index in [-0.39, 0.29) is 17.0 Å². The first-order valence-electron chi connectivity index (χ1n) is 9.74. The van der Waals surface area contributed by atoms with Gasteiger partial charge in [-0.15, -0.1) is 0 Å². The number of quaternary nitrogens is 1. The number of hydrogen-bond acceptors (Lipinski definition) is 4. The molecule has 2 aromatic carbocycles. The predicted octanol–water partition coefficient (Wildman–Crippen LogP) is 1.03. The van der Waals surface area contributed by atoms with Crippen molar-refractivity contribution < 1.29 is 22.8 Å². The lowest BCUT2D eigenvalue weighted by Crippen LogP contribution is -3.15. The molecule has 1 aliphatic rings. The first-order chi connectivity index (χ1) is 13.9. The van der Waals surface area contributed by atoms with Crippen molar-refractivity contribution >= 4 is 16.1 Å². The van der Waals surface area contributed by atoms with Gasteiger partial charge >= 0.3 is 6.03 Å². The van der Waals surface area contributed by atoms with E-state index in [1.54, 1.807) is 12.1 Å². The van der Waals surface area contributed by atoms with Gasteiger partial charge in [-0.1, -0.05) is 48.0 Å². The summed E-state index contributed by atoms with van der Waals surface area (Å²) in [5.74, 6) is 0. The summed E-state index contributed by atoms with van der Waals surface area (Å²) in [6.45, 7) is 6.76. The quantitative estimate of drug-likeness (QED) is 0.654.